The van der Waals surface area contributed by atoms with Crippen molar-refractivity contribution in [1.82, 2.24) is 10.8 Å². The second-order valence-electron chi connectivity index (χ2n) is 5.73. The predicted octanol–water partition coefficient (Wildman–Crippen LogP) is 4.10. The topological polar surface area (TPSA) is 87.7 Å². The number of benzene rings is 1. The van der Waals surface area contributed by atoms with Crippen molar-refractivity contribution >= 4 is 34.5 Å². The fraction of sp³-hybridized carbons (Fsp3) is 0.158. The maximum Gasteiger partial charge on any atom is 0.284 e. The quantitative estimate of drug-likeness (QED) is 0.428. The van der Waals surface area contributed by atoms with Gasteiger partial charge in [-0.15, -0.1) is 22.7 Å². The van der Waals surface area contributed by atoms with Crippen molar-refractivity contribution in [3.05, 3.63) is 63.2 Å². The molecule has 1 aromatic carbocycles. The van der Waals surface area contributed by atoms with Crippen LogP contribution >= 0.6 is 22.7 Å². The molecule has 0 aliphatic heterocycles. The van der Waals surface area contributed by atoms with Crippen molar-refractivity contribution in [2.75, 3.05) is 7.11 Å². The number of rotatable bonds is 6. The molecule has 3 N–H and O–H groups in total. The fourth-order valence-electron chi connectivity index (χ4n) is 2.47. The van der Waals surface area contributed by atoms with Gasteiger partial charge in [0, 0.05) is 9.75 Å². The van der Waals surface area contributed by atoms with E-state index in [-0.39, 0.29) is 16.8 Å². The minimum atomic E-state index is -0.630. The van der Waals surface area contributed by atoms with E-state index in [1.807, 2.05) is 43.3 Å². The van der Waals surface area contributed by atoms with Gasteiger partial charge in [0.05, 0.1) is 22.9 Å². The van der Waals surface area contributed by atoms with Crippen LogP contribution in [-0.4, -0.2) is 24.1 Å². The van der Waals surface area contributed by atoms with Gasteiger partial charge in [-0.05, 0) is 61.0 Å². The molecule has 27 heavy (non-hydrogen) atoms. The molecule has 140 valence electrons. The van der Waals surface area contributed by atoms with Gasteiger partial charge < -0.3 is 10.1 Å². The van der Waals surface area contributed by atoms with Gasteiger partial charge in [-0.1, -0.05) is 0 Å². The van der Waals surface area contributed by atoms with E-state index in [2.05, 4.69) is 5.32 Å². The maximum atomic E-state index is 12.4. The number of methoxy groups -OCH3 is 1. The van der Waals surface area contributed by atoms with E-state index in [0.717, 1.165) is 32.4 Å². The Bertz CT molecular complexity index is 947. The van der Waals surface area contributed by atoms with Gasteiger partial charge in [0.1, 0.15) is 5.75 Å². The molecule has 0 aliphatic rings. The Morgan fingerprint density at radius 1 is 0.963 bits per heavy atom. The standard InChI is InChI=1S/C19H18N2O4S2/c1-11(20-18(22)16-9-10-17(27-16)19(23)21-24)14-7-8-15(26-14)12-3-5-13(25-2)6-4-12/h3-11,24H,1-2H3,(H,20,22)(H,21,23). The first-order valence-corrected chi connectivity index (χ1v) is 9.74. The molecule has 1 atom stereocenters. The lowest BCUT2D eigenvalue weighted by atomic mass is 10.2. The Morgan fingerprint density at radius 3 is 2.26 bits per heavy atom. The summed E-state index contributed by atoms with van der Waals surface area (Å²) in [5.74, 6) is -0.0836. The summed E-state index contributed by atoms with van der Waals surface area (Å²) in [6.07, 6.45) is 0. The van der Waals surface area contributed by atoms with Gasteiger partial charge in [0.2, 0.25) is 0 Å². The van der Waals surface area contributed by atoms with E-state index < -0.39 is 5.91 Å². The van der Waals surface area contributed by atoms with Crippen LogP contribution < -0.4 is 15.5 Å². The molecule has 1 unspecified atom stereocenters. The number of hydrogen-bond acceptors (Lipinski definition) is 6. The first kappa shape index (κ1) is 19.1. The van der Waals surface area contributed by atoms with Gasteiger partial charge in [0.15, 0.2) is 0 Å². The van der Waals surface area contributed by atoms with Crippen molar-refractivity contribution in [3.63, 3.8) is 0 Å². The van der Waals surface area contributed by atoms with Crippen molar-refractivity contribution in [2.45, 2.75) is 13.0 Å². The molecular formula is C19H18N2O4S2. The van der Waals surface area contributed by atoms with Crippen molar-refractivity contribution in [1.29, 1.82) is 0 Å². The lowest BCUT2D eigenvalue weighted by Gasteiger charge is -2.11. The highest BCUT2D eigenvalue weighted by atomic mass is 32.1. The SMILES string of the molecule is COc1ccc(-c2ccc(C(C)NC(=O)c3ccc(C(=O)NO)s3)s2)cc1. The first-order valence-electron chi connectivity index (χ1n) is 8.11. The highest BCUT2D eigenvalue weighted by Crippen LogP contribution is 2.32. The van der Waals surface area contributed by atoms with Crippen molar-refractivity contribution in [2.24, 2.45) is 0 Å². The van der Waals surface area contributed by atoms with Crippen LogP contribution in [0.2, 0.25) is 0 Å². The number of ether oxygens (including phenoxy) is 1. The van der Waals surface area contributed by atoms with Crippen LogP contribution in [0.4, 0.5) is 0 Å². The Morgan fingerprint density at radius 2 is 1.63 bits per heavy atom. The highest BCUT2D eigenvalue weighted by Gasteiger charge is 2.17. The molecule has 0 bridgehead atoms. The zero-order chi connectivity index (χ0) is 19.4. The van der Waals surface area contributed by atoms with E-state index in [1.165, 1.54) is 6.07 Å². The molecule has 2 heterocycles. The van der Waals surface area contributed by atoms with Crippen LogP contribution in [0, 0.1) is 0 Å². The third kappa shape index (κ3) is 4.36. The molecule has 0 spiro atoms. The fourth-order valence-corrected chi connectivity index (χ4v) is 4.29. The maximum absolute atomic E-state index is 12.4. The molecule has 8 heteroatoms. The summed E-state index contributed by atoms with van der Waals surface area (Å²) in [5.41, 5.74) is 2.65. The third-order valence-corrected chi connectivity index (χ3v) is 6.33. The average molecular weight is 402 g/mol. The molecule has 0 aliphatic carbocycles. The number of carbonyl (C=O) groups excluding carboxylic acids is 2. The number of carbonyl (C=O) groups is 2. The molecule has 0 saturated heterocycles. The third-order valence-electron chi connectivity index (χ3n) is 3.93. The Balaban J connectivity index is 1.68. The van der Waals surface area contributed by atoms with Gasteiger partial charge in [-0.3, -0.25) is 14.8 Å². The van der Waals surface area contributed by atoms with E-state index in [0.29, 0.717) is 4.88 Å². The zero-order valence-electron chi connectivity index (χ0n) is 14.7. The minimum absolute atomic E-state index is 0.174. The van der Waals surface area contributed by atoms with Gasteiger partial charge in [-0.2, -0.15) is 0 Å². The molecule has 3 rings (SSSR count). The summed E-state index contributed by atoms with van der Waals surface area (Å²) in [5, 5.41) is 11.6. The number of thiophene rings is 2. The minimum Gasteiger partial charge on any atom is -0.497 e. The van der Waals surface area contributed by atoms with Gasteiger partial charge >= 0.3 is 0 Å². The number of hydrogen-bond donors (Lipinski definition) is 3. The van der Waals surface area contributed by atoms with E-state index in [1.54, 1.807) is 30.0 Å². The molecule has 0 fully saturated rings. The first-order chi connectivity index (χ1) is 13.0. The lowest BCUT2D eigenvalue weighted by molar-refractivity contribution is 0.0711. The van der Waals surface area contributed by atoms with Crippen LogP contribution in [-0.2, 0) is 0 Å². The molecule has 2 amide bonds. The predicted molar refractivity (Wildman–Crippen MR) is 106 cm³/mol. The Kier molecular flexibility index (Phi) is 5.90. The average Bonchev–Trinajstić information content (AvgIpc) is 3.37. The molecular weight excluding hydrogens is 384 g/mol. The van der Waals surface area contributed by atoms with Crippen LogP contribution in [0.15, 0.2) is 48.5 Å². The van der Waals surface area contributed by atoms with Crippen molar-refractivity contribution in [3.8, 4) is 16.2 Å². The largest absolute Gasteiger partial charge is 0.497 e. The highest BCUT2D eigenvalue weighted by molar-refractivity contribution is 7.16. The summed E-state index contributed by atoms with van der Waals surface area (Å²) >= 11 is 2.63. The van der Waals surface area contributed by atoms with Gasteiger partial charge in [-0.25, -0.2) is 5.48 Å². The monoisotopic (exact) mass is 402 g/mol. The summed E-state index contributed by atoms with van der Waals surface area (Å²) in [6.45, 7) is 1.91. The van der Waals surface area contributed by atoms with Crippen LogP contribution in [0.5, 0.6) is 5.75 Å². The summed E-state index contributed by atoms with van der Waals surface area (Å²) in [4.78, 5) is 26.6. The normalized spacial score (nSPS) is 11.7. The van der Waals surface area contributed by atoms with E-state index in [4.69, 9.17) is 9.94 Å². The molecule has 0 radical (unpaired) electrons. The molecule has 2 aromatic heterocycles. The summed E-state index contributed by atoms with van der Waals surface area (Å²) < 4.78 is 5.18. The van der Waals surface area contributed by atoms with Crippen LogP contribution in [0.3, 0.4) is 0 Å². The van der Waals surface area contributed by atoms with Crippen LogP contribution in [0.1, 0.15) is 37.2 Å². The van der Waals surface area contributed by atoms with E-state index in [9.17, 15) is 9.59 Å². The number of amides is 2. The summed E-state index contributed by atoms with van der Waals surface area (Å²) in [7, 11) is 1.63. The smallest absolute Gasteiger partial charge is 0.284 e. The second-order valence-corrected chi connectivity index (χ2v) is 7.93. The van der Waals surface area contributed by atoms with Crippen LogP contribution in [0.25, 0.3) is 10.4 Å². The van der Waals surface area contributed by atoms with Gasteiger partial charge in [0.25, 0.3) is 11.8 Å². The number of nitrogens with one attached hydrogen (secondary N) is 2. The molecule has 0 saturated carbocycles. The Labute approximate surface area is 164 Å². The second kappa shape index (κ2) is 8.34. The summed E-state index contributed by atoms with van der Waals surface area (Å²) in [6, 6.07) is 14.7. The lowest BCUT2D eigenvalue weighted by Crippen LogP contribution is -2.25. The molecule has 3 aromatic rings. The zero-order valence-corrected chi connectivity index (χ0v) is 16.3. The Hall–Kier alpha value is -2.68. The van der Waals surface area contributed by atoms with E-state index >= 15 is 0 Å². The van der Waals surface area contributed by atoms with Crippen molar-refractivity contribution < 1.29 is 19.5 Å². The molecule has 6 nitrogen and oxygen atoms in total. The number of hydroxylamine groups is 1.